The van der Waals surface area contributed by atoms with Crippen molar-refractivity contribution in [2.45, 2.75) is 39.4 Å². The molecular weight excluding hydrogens is 358 g/mol. The van der Waals surface area contributed by atoms with Gasteiger partial charge in [-0.3, -0.25) is 0 Å². The summed E-state index contributed by atoms with van der Waals surface area (Å²) in [5.41, 5.74) is 1.15. The molecule has 1 amide bonds. The molecule has 2 rings (SSSR count). The van der Waals surface area contributed by atoms with E-state index in [-0.39, 0.29) is 12.2 Å². The third-order valence-electron chi connectivity index (χ3n) is 3.91. The lowest BCUT2D eigenvalue weighted by Gasteiger charge is -2.34. The number of carbonyl (C=O) groups excluding carboxylic acids is 1. The molecule has 0 aliphatic carbocycles. The molecule has 1 aromatic carbocycles. The van der Waals surface area contributed by atoms with Gasteiger partial charge in [-0.2, -0.15) is 0 Å². The third kappa shape index (κ3) is 5.77. The maximum Gasteiger partial charge on any atom is 0.490 e. The van der Waals surface area contributed by atoms with Crippen LogP contribution in [-0.4, -0.2) is 66.1 Å². The van der Waals surface area contributed by atoms with Gasteiger partial charge < -0.3 is 29.7 Å². The standard InChI is InChI=1S/C17H26BClN2O5/c1-11-7-12(19)8-14(18(23)24)15(11)20-9-13-10-21(5-6-25-13)16(22)26-17(2,3)4/h7-8,13,20,23-24H,5-6,9-10H2,1-4H3. The Morgan fingerprint density at radius 3 is 2.77 bits per heavy atom. The molecule has 144 valence electrons. The molecule has 1 unspecified atom stereocenters. The average Bonchev–Trinajstić information content (AvgIpc) is 2.52. The fourth-order valence-electron chi connectivity index (χ4n) is 2.77. The molecule has 1 fully saturated rings. The third-order valence-corrected chi connectivity index (χ3v) is 4.12. The van der Waals surface area contributed by atoms with Crippen molar-refractivity contribution in [3.8, 4) is 0 Å². The van der Waals surface area contributed by atoms with Crippen LogP contribution >= 0.6 is 11.6 Å². The molecule has 3 N–H and O–H groups in total. The van der Waals surface area contributed by atoms with Crippen molar-refractivity contribution >= 4 is 36.0 Å². The summed E-state index contributed by atoms with van der Waals surface area (Å²) in [4.78, 5) is 13.8. The van der Waals surface area contributed by atoms with Crippen molar-refractivity contribution in [2.24, 2.45) is 0 Å². The van der Waals surface area contributed by atoms with Crippen LogP contribution in [0.4, 0.5) is 10.5 Å². The number of benzene rings is 1. The van der Waals surface area contributed by atoms with Crippen molar-refractivity contribution in [2.75, 3.05) is 31.6 Å². The number of morpholine rings is 1. The normalized spacial score (nSPS) is 17.8. The van der Waals surface area contributed by atoms with Crippen LogP contribution in [0.5, 0.6) is 0 Å². The van der Waals surface area contributed by atoms with Crippen molar-refractivity contribution in [1.29, 1.82) is 0 Å². The summed E-state index contributed by atoms with van der Waals surface area (Å²) >= 11 is 5.99. The van der Waals surface area contributed by atoms with E-state index in [0.29, 0.717) is 42.4 Å². The van der Waals surface area contributed by atoms with Crippen molar-refractivity contribution in [3.05, 3.63) is 22.7 Å². The van der Waals surface area contributed by atoms with E-state index in [1.165, 1.54) is 6.07 Å². The molecule has 1 aromatic rings. The predicted octanol–water partition coefficient (Wildman–Crippen LogP) is 1.38. The Balaban J connectivity index is 2.01. The summed E-state index contributed by atoms with van der Waals surface area (Å²) < 4.78 is 11.1. The Kier molecular flexibility index (Phi) is 6.79. The number of rotatable bonds is 4. The number of hydrogen-bond acceptors (Lipinski definition) is 6. The van der Waals surface area contributed by atoms with E-state index in [1.54, 1.807) is 11.0 Å². The molecule has 1 aliphatic heterocycles. The molecule has 1 atom stereocenters. The summed E-state index contributed by atoms with van der Waals surface area (Å²) in [5.74, 6) is 0. The van der Waals surface area contributed by atoms with Gasteiger partial charge in [-0.05, 0) is 45.4 Å². The SMILES string of the molecule is Cc1cc(Cl)cc(B(O)O)c1NCC1CN(C(=O)OC(C)(C)C)CCO1. The highest BCUT2D eigenvalue weighted by Crippen LogP contribution is 2.19. The van der Waals surface area contributed by atoms with E-state index in [0.717, 1.165) is 5.56 Å². The number of nitrogens with one attached hydrogen (secondary N) is 1. The first-order valence-corrected chi connectivity index (χ1v) is 8.94. The fraction of sp³-hybridized carbons (Fsp3) is 0.588. The van der Waals surface area contributed by atoms with Crippen LogP contribution in [0.25, 0.3) is 0 Å². The highest BCUT2D eigenvalue weighted by Gasteiger charge is 2.28. The Morgan fingerprint density at radius 2 is 2.15 bits per heavy atom. The summed E-state index contributed by atoms with van der Waals surface area (Å²) in [6, 6.07) is 3.25. The van der Waals surface area contributed by atoms with E-state index < -0.39 is 12.7 Å². The number of carbonyl (C=O) groups is 1. The van der Waals surface area contributed by atoms with Crippen LogP contribution in [0.15, 0.2) is 12.1 Å². The maximum absolute atomic E-state index is 12.2. The molecule has 1 saturated heterocycles. The van der Waals surface area contributed by atoms with E-state index in [1.807, 2.05) is 27.7 Å². The van der Waals surface area contributed by atoms with E-state index in [2.05, 4.69) is 5.32 Å². The first-order chi connectivity index (χ1) is 12.1. The molecule has 26 heavy (non-hydrogen) atoms. The van der Waals surface area contributed by atoms with Crippen LogP contribution in [0, 0.1) is 6.92 Å². The number of aryl methyl sites for hydroxylation is 1. The fourth-order valence-corrected chi connectivity index (χ4v) is 3.05. The van der Waals surface area contributed by atoms with Crippen LogP contribution in [0.3, 0.4) is 0 Å². The highest BCUT2D eigenvalue weighted by atomic mass is 35.5. The molecule has 0 aromatic heterocycles. The summed E-state index contributed by atoms with van der Waals surface area (Å²) in [6.07, 6.45) is -0.602. The topological polar surface area (TPSA) is 91.3 Å². The first-order valence-electron chi connectivity index (χ1n) is 8.56. The Morgan fingerprint density at radius 1 is 1.46 bits per heavy atom. The van der Waals surface area contributed by atoms with Crippen molar-refractivity contribution in [3.63, 3.8) is 0 Å². The second kappa shape index (κ2) is 8.48. The van der Waals surface area contributed by atoms with Crippen LogP contribution in [-0.2, 0) is 9.47 Å². The van der Waals surface area contributed by atoms with Gasteiger partial charge >= 0.3 is 13.2 Å². The molecular formula is C17H26BClN2O5. The molecule has 0 radical (unpaired) electrons. The molecule has 0 saturated carbocycles. The lowest BCUT2D eigenvalue weighted by molar-refractivity contribution is -0.0371. The summed E-state index contributed by atoms with van der Waals surface area (Å²) in [7, 11) is -1.64. The zero-order valence-corrected chi connectivity index (χ0v) is 16.3. The Bertz CT molecular complexity index is 651. The number of hydrogen-bond donors (Lipinski definition) is 3. The van der Waals surface area contributed by atoms with Gasteiger partial charge in [-0.15, -0.1) is 0 Å². The Hall–Kier alpha value is -1.48. The Labute approximate surface area is 159 Å². The highest BCUT2D eigenvalue weighted by molar-refractivity contribution is 6.61. The molecule has 1 aliphatic rings. The zero-order chi connectivity index (χ0) is 19.5. The monoisotopic (exact) mass is 384 g/mol. The lowest BCUT2D eigenvalue weighted by Crippen LogP contribution is -2.49. The van der Waals surface area contributed by atoms with Gasteiger partial charge in [0.2, 0.25) is 0 Å². The first kappa shape index (κ1) is 20.8. The number of nitrogens with zero attached hydrogens (tertiary/aromatic N) is 1. The minimum Gasteiger partial charge on any atom is -0.444 e. The smallest absolute Gasteiger partial charge is 0.444 e. The van der Waals surface area contributed by atoms with E-state index in [9.17, 15) is 14.8 Å². The van der Waals surface area contributed by atoms with Crippen molar-refractivity contribution < 1.29 is 24.3 Å². The van der Waals surface area contributed by atoms with Gasteiger partial charge in [0.1, 0.15) is 5.60 Å². The minimum atomic E-state index is -1.64. The second-order valence-electron chi connectivity index (χ2n) is 7.36. The van der Waals surface area contributed by atoms with Gasteiger partial charge in [-0.1, -0.05) is 11.6 Å². The quantitative estimate of drug-likeness (QED) is 0.679. The zero-order valence-electron chi connectivity index (χ0n) is 15.6. The van der Waals surface area contributed by atoms with Crippen molar-refractivity contribution in [1.82, 2.24) is 4.90 Å². The molecule has 1 heterocycles. The summed E-state index contributed by atoms with van der Waals surface area (Å²) in [5, 5.41) is 22.8. The van der Waals surface area contributed by atoms with Gasteiger partial charge in [0, 0.05) is 29.3 Å². The average molecular weight is 385 g/mol. The second-order valence-corrected chi connectivity index (χ2v) is 7.80. The van der Waals surface area contributed by atoms with E-state index >= 15 is 0 Å². The molecule has 0 spiro atoms. The molecule has 9 heteroatoms. The van der Waals surface area contributed by atoms with Gasteiger partial charge in [0.05, 0.1) is 19.3 Å². The van der Waals surface area contributed by atoms with E-state index in [4.69, 9.17) is 21.1 Å². The summed E-state index contributed by atoms with van der Waals surface area (Å²) in [6.45, 7) is 9.01. The minimum absolute atomic E-state index is 0.241. The van der Waals surface area contributed by atoms with Crippen LogP contribution in [0.1, 0.15) is 26.3 Å². The van der Waals surface area contributed by atoms with Gasteiger partial charge in [0.15, 0.2) is 0 Å². The maximum atomic E-state index is 12.2. The molecule has 7 nitrogen and oxygen atoms in total. The van der Waals surface area contributed by atoms with Crippen LogP contribution in [0.2, 0.25) is 5.02 Å². The molecule has 0 bridgehead atoms. The number of amides is 1. The van der Waals surface area contributed by atoms with Gasteiger partial charge in [-0.25, -0.2) is 4.79 Å². The number of anilines is 1. The van der Waals surface area contributed by atoms with Gasteiger partial charge in [0.25, 0.3) is 0 Å². The largest absolute Gasteiger partial charge is 0.490 e. The number of ether oxygens (including phenoxy) is 2. The predicted molar refractivity (Wildman–Crippen MR) is 102 cm³/mol. The lowest BCUT2D eigenvalue weighted by atomic mass is 9.78. The van der Waals surface area contributed by atoms with Crippen LogP contribution < -0.4 is 10.8 Å². The number of halogens is 1.